The van der Waals surface area contributed by atoms with Crippen LogP contribution < -0.4 is 16.0 Å². The van der Waals surface area contributed by atoms with Crippen LogP contribution >= 0.6 is 0 Å². The molecule has 2 N–H and O–H groups in total. The third-order valence-corrected chi connectivity index (χ3v) is 11.3. The normalized spacial score (nSPS) is 18.9. The van der Waals surface area contributed by atoms with Crippen LogP contribution in [0.2, 0.25) is 0 Å². The predicted molar refractivity (Wildman–Crippen MR) is 223 cm³/mol. The van der Waals surface area contributed by atoms with Crippen molar-refractivity contribution in [2.24, 2.45) is 10.9 Å². The standard InChI is InChI=1S/C34H32N4O8.C11H22N2/c1-34(2,3)46-36-12-11-21-22-14-20-16-38-27(29(20)37-26(22)9-10-28(21)44-18-39)15-23-24(31(38)40)17-43-33(42)30(23)45-32(41)25(35)13-19-7-5-4-6-8-19;1-12-9-5-11(6-10-12)13-7-3-2-4-8-13/h4-10,12,14-15,18,25,30H,11,13,16-17,35H2,1-3H3;11H,2-10H2,1H3/b36-12+;. The summed E-state index contributed by atoms with van der Waals surface area (Å²) in [7, 11) is 2.24. The minimum Gasteiger partial charge on any atom is -0.458 e. The Morgan fingerprint density at radius 2 is 1.78 bits per heavy atom. The van der Waals surface area contributed by atoms with Crippen LogP contribution in [-0.2, 0) is 54.7 Å². The fraction of sp³-hybridized carbons (Fsp3) is 0.467. The monoisotopic (exact) mass is 806 g/mol. The molecule has 2 aromatic heterocycles. The van der Waals surface area contributed by atoms with Gasteiger partial charge in [-0.05, 0) is 116 Å². The molecule has 4 aliphatic rings. The van der Waals surface area contributed by atoms with Crippen LogP contribution in [0.4, 0.5) is 0 Å². The summed E-state index contributed by atoms with van der Waals surface area (Å²) in [5, 5.41) is 4.77. The number of cyclic esters (lactones) is 1. The molecule has 59 heavy (non-hydrogen) atoms. The molecule has 2 fully saturated rings. The Morgan fingerprint density at radius 1 is 1.03 bits per heavy atom. The van der Waals surface area contributed by atoms with Crippen molar-refractivity contribution in [3.63, 3.8) is 0 Å². The summed E-state index contributed by atoms with van der Waals surface area (Å²) < 4.78 is 17.7. The van der Waals surface area contributed by atoms with Crippen LogP contribution in [0.1, 0.15) is 86.8 Å². The molecule has 0 radical (unpaired) electrons. The van der Waals surface area contributed by atoms with E-state index in [1.807, 2.05) is 57.2 Å². The van der Waals surface area contributed by atoms with E-state index in [0.717, 1.165) is 17.2 Å². The molecule has 2 aromatic carbocycles. The summed E-state index contributed by atoms with van der Waals surface area (Å²) in [6.45, 7) is 11.3. The Hall–Kier alpha value is -5.44. The Labute approximate surface area is 344 Å². The number of carbonyl (C=O) groups excluding carboxylic acids is 3. The van der Waals surface area contributed by atoms with Gasteiger partial charge in [0.25, 0.3) is 12.0 Å². The number of nitrogens with zero attached hydrogens (tertiary/aromatic N) is 5. The van der Waals surface area contributed by atoms with E-state index in [1.165, 1.54) is 58.3 Å². The first-order chi connectivity index (χ1) is 28.4. The van der Waals surface area contributed by atoms with Gasteiger partial charge in [-0.25, -0.2) is 9.78 Å². The van der Waals surface area contributed by atoms with Crippen molar-refractivity contribution in [2.45, 2.75) is 103 Å². The van der Waals surface area contributed by atoms with Crippen LogP contribution in [0.25, 0.3) is 22.3 Å². The fourth-order valence-electron chi connectivity index (χ4n) is 8.23. The van der Waals surface area contributed by atoms with E-state index in [2.05, 4.69) is 22.0 Å². The second-order valence-electron chi connectivity index (χ2n) is 16.7. The highest BCUT2D eigenvalue weighted by Crippen LogP contribution is 2.38. The molecular formula is C45H54N6O8. The molecule has 2 atom stereocenters. The quantitative estimate of drug-likeness (QED) is 0.0862. The minimum absolute atomic E-state index is 0.208. The first kappa shape index (κ1) is 41.7. The summed E-state index contributed by atoms with van der Waals surface area (Å²) in [5.41, 5.74) is 9.57. The van der Waals surface area contributed by atoms with Gasteiger partial charge in [-0.2, -0.15) is 0 Å². The van der Waals surface area contributed by atoms with Gasteiger partial charge < -0.3 is 39.1 Å². The van der Waals surface area contributed by atoms with E-state index in [0.29, 0.717) is 40.1 Å². The molecule has 2 unspecified atom stereocenters. The van der Waals surface area contributed by atoms with Crippen molar-refractivity contribution in [1.82, 2.24) is 19.4 Å². The third kappa shape index (κ3) is 9.72. The van der Waals surface area contributed by atoms with Crippen molar-refractivity contribution in [1.29, 1.82) is 0 Å². The van der Waals surface area contributed by atoms with E-state index in [4.69, 9.17) is 29.8 Å². The van der Waals surface area contributed by atoms with Gasteiger partial charge in [0.1, 0.15) is 24.0 Å². The van der Waals surface area contributed by atoms with Crippen LogP contribution in [0, 0.1) is 0 Å². The number of piperidine rings is 2. The van der Waals surface area contributed by atoms with Crippen molar-refractivity contribution < 1.29 is 33.4 Å². The Morgan fingerprint density at radius 3 is 2.49 bits per heavy atom. The smallest absolute Gasteiger partial charge is 0.352 e. The number of rotatable bonds is 10. The van der Waals surface area contributed by atoms with Crippen molar-refractivity contribution in [3.05, 3.63) is 92.8 Å². The van der Waals surface area contributed by atoms with E-state index >= 15 is 0 Å². The maximum absolute atomic E-state index is 13.7. The summed E-state index contributed by atoms with van der Waals surface area (Å²) in [4.78, 5) is 66.4. The molecule has 8 rings (SSSR count). The molecule has 0 aliphatic carbocycles. The second kappa shape index (κ2) is 18.2. The number of pyridine rings is 2. The van der Waals surface area contributed by atoms with E-state index in [1.54, 1.807) is 29.0 Å². The van der Waals surface area contributed by atoms with E-state index in [-0.39, 0.29) is 42.7 Å². The van der Waals surface area contributed by atoms with Gasteiger partial charge in [-0.15, -0.1) is 0 Å². The van der Waals surface area contributed by atoms with E-state index < -0.39 is 29.7 Å². The molecule has 0 spiro atoms. The number of aromatic nitrogens is 2. The number of esters is 2. The maximum atomic E-state index is 13.7. The highest BCUT2D eigenvalue weighted by atomic mass is 16.6. The first-order valence-electron chi connectivity index (χ1n) is 20.5. The number of benzene rings is 2. The average molecular weight is 807 g/mol. The summed E-state index contributed by atoms with van der Waals surface area (Å²) in [6.07, 6.45) is 7.77. The molecule has 0 bridgehead atoms. The highest BCUT2D eigenvalue weighted by Gasteiger charge is 2.38. The Balaban J connectivity index is 0.000000343. The largest absolute Gasteiger partial charge is 0.458 e. The SMILES string of the molecule is CC(C)(C)O/N=C/Cc1c(OC=O)ccc2nc3c(cc12)Cn1c-3cc2c(c1=O)COC(=O)C2OC(=O)C(N)Cc1ccccc1.CN1CCC(N2CCCCC2)CC1. The highest BCUT2D eigenvalue weighted by molar-refractivity contribution is 5.91. The molecule has 6 heterocycles. The number of oxime groups is 1. The lowest BCUT2D eigenvalue weighted by atomic mass is 9.99. The zero-order valence-corrected chi connectivity index (χ0v) is 34.4. The van der Waals surface area contributed by atoms with Crippen molar-refractivity contribution >= 4 is 35.5 Å². The molecule has 2 saturated heterocycles. The molecule has 14 nitrogen and oxygen atoms in total. The topological polar surface area (TPSA) is 168 Å². The van der Waals surface area contributed by atoms with Crippen molar-refractivity contribution in [3.8, 4) is 17.1 Å². The van der Waals surface area contributed by atoms with Crippen LogP contribution in [0.5, 0.6) is 5.75 Å². The molecule has 0 amide bonds. The number of nitrogens with two attached hydrogens (primary N) is 1. The van der Waals surface area contributed by atoms with Gasteiger partial charge in [-0.3, -0.25) is 14.4 Å². The lowest BCUT2D eigenvalue weighted by Crippen LogP contribution is -2.45. The van der Waals surface area contributed by atoms with Crippen LogP contribution in [-0.4, -0.2) is 94.9 Å². The molecule has 0 saturated carbocycles. The lowest BCUT2D eigenvalue weighted by Gasteiger charge is -2.39. The number of hydrogen-bond donors (Lipinski definition) is 1. The van der Waals surface area contributed by atoms with Gasteiger partial charge in [0, 0.05) is 40.8 Å². The number of hydrogen-bond acceptors (Lipinski definition) is 13. The molecule has 14 heteroatoms. The summed E-state index contributed by atoms with van der Waals surface area (Å²) >= 11 is 0. The molecular weight excluding hydrogens is 753 g/mol. The summed E-state index contributed by atoms with van der Waals surface area (Å²) in [5.74, 6) is -1.23. The number of fused-ring (bicyclic) bond motifs is 5. The third-order valence-electron chi connectivity index (χ3n) is 11.3. The zero-order valence-electron chi connectivity index (χ0n) is 34.4. The van der Waals surface area contributed by atoms with Gasteiger partial charge in [0.15, 0.2) is 0 Å². The molecule has 4 aromatic rings. The second-order valence-corrected chi connectivity index (χ2v) is 16.7. The van der Waals surface area contributed by atoms with Crippen LogP contribution in [0.3, 0.4) is 0 Å². The predicted octanol–water partition coefficient (Wildman–Crippen LogP) is 5.08. The fourth-order valence-corrected chi connectivity index (χ4v) is 8.23. The number of ether oxygens (including phenoxy) is 3. The van der Waals surface area contributed by atoms with Gasteiger partial charge in [-0.1, -0.05) is 41.9 Å². The Bertz CT molecular complexity index is 2250. The average Bonchev–Trinajstić information content (AvgIpc) is 3.59. The lowest BCUT2D eigenvalue weighted by molar-refractivity contribution is -0.172. The molecule has 4 aliphatic heterocycles. The zero-order chi connectivity index (χ0) is 41.7. The number of carbonyl (C=O) groups is 3. The van der Waals surface area contributed by atoms with Gasteiger partial charge in [0.2, 0.25) is 6.10 Å². The summed E-state index contributed by atoms with van der Waals surface area (Å²) in [6, 6.07) is 16.0. The van der Waals surface area contributed by atoms with Gasteiger partial charge in [0.05, 0.1) is 29.0 Å². The van der Waals surface area contributed by atoms with Gasteiger partial charge >= 0.3 is 11.9 Å². The van der Waals surface area contributed by atoms with Crippen LogP contribution in [0.15, 0.2) is 64.5 Å². The van der Waals surface area contributed by atoms with E-state index in [9.17, 15) is 19.2 Å². The minimum atomic E-state index is -1.45. The Kier molecular flexibility index (Phi) is 12.9. The molecule has 312 valence electrons. The van der Waals surface area contributed by atoms with Crippen molar-refractivity contribution in [2.75, 3.05) is 33.2 Å². The maximum Gasteiger partial charge on any atom is 0.352 e. The number of likely N-dealkylation sites (tertiary alicyclic amines) is 2. The first-order valence-corrected chi connectivity index (χ1v) is 20.5.